The summed E-state index contributed by atoms with van der Waals surface area (Å²) in [6.07, 6.45) is 3.77. The molecule has 10 heteroatoms. The van der Waals surface area contributed by atoms with Crippen LogP contribution in [0, 0.1) is 0 Å². The molecular formula is C24H21Cl3N6O. The van der Waals surface area contributed by atoms with E-state index < -0.39 is 0 Å². The van der Waals surface area contributed by atoms with Gasteiger partial charge < -0.3 is 20.5 Å². The number of benzene rings is 2. The van der Waals surface area contributed by atoms with E-state index in [-0.39, 0.29) is 12.5 Å². The minimum atomic E-state index is -0.203. The number of carbonyl (C=O) groups is 1. The first-order valence-corrected chi connectivity index (χ1v) is 11.5. The SMILES string of the molecule is O=C(CNc1cc(-n2cccc2)nc(NCc2cccc(Cl)c2)n1)NCc1cc(Cl)cc(Cl)c1. The van der Waals surface area contributed by atoms with Gasteiger partial charge in [0.1, 0.15) is 11.6 Å². The Hall–Kier alpha value is -3.26. The zero-order chi connectivity index (χ0) is 23.9. The second-order valence-electron chi connectivity index (χ2n) is 7.42. The van der Waals surface area contributed by atoms with Gasteiger partial charge in [-0.1, -0.05) is 46.9 Å². The molecule has 4 rings (SSSR count). The van der Waals surface area contributed by atoms with Crippen LogP contribution in [0.25, 0.3) is 5.82 Å². The summed E-state index contributed by atoms with van der Waals surface area (Å²) < 4.78 is 1.86. The molecule has 2 heterocycles. The predicted molar refractivity (Wildman–Crippen MR) is 137 cm³/mol. The molecule has 3 N–H and O–H groups in total. The average Bonchev–Trinajstić information content (AvgIpc) is 3.35. The molecule has 4 aromatic rings. The van der Waals surface area contributed by atoms with E-state index in [9.17, 15) is 4.79 Å². The van der Waals surface area contributed by atoms with E-state index in [0.717, 1.165) is 11.1 Å². The van der Waals surface area contributed by atoms with Crippen LogP contribution in [0.3, 0.4) is 0 Å². The standard InChI is InChI=1S/C24H21Cl3N6O/c25-18-5-3-4-16(8-18)13-30-24-31-21(12-22(32-24)33-6-1-2-7-33)28-15-23(34)29-14-17-9-19(26)11-20(27)10-17/h1-12H,13-15H2,(H,29,34)(H2,28,30,31,32). The smallest absolute Gasteiger partial charge is 0.239 e. The molecule has 0 spiro atoms. The lowest BCUT2D eigenvalue weighted by molar-refractivity contribution is -0.119. The van der Waals surface area contributed by atoms with Crippen LogP contribution in [0.15, 0.2) is 73.1 Å². The zero-order valence-corrected chi connectivity index (χ0v) is 20.2. The van der Waals surface area contributed by atoms with Gasteiger partial charge >= 0.3 is 0 Å². The predicted octanol–water partition coefficient (Wildman–Crippen LogP) is 5.57. The van der Waals surface area contributed by atoms with Crippen molar-refractivity contribution in [3.8, 4) is 5.82 Å². The second-order valence-corrected chi connectivity index (χ2v) is 8.73. The Bertz CT molecular complexity index is 1260. The first-order valence-electron chi connectivity index (χ1n) is 10.4. The molecule has 0 aliphatic rings. The van der Waals surface area contributed by atoms with Gasteiger partial charge in [-0.3, -0.25) is 4.79 Å². The fraction of sp³-hybridized carbons (Fsp3) is 0.125. The van der Waals surface area contributed by atoms with Gasteiger partial charge in [0.2, 0.25) is 11.9 Å². The van der Waals surface area contributed by atoms with E-state index in [2.05, 4.69) is 25.9 Å². The lowest BCUT2D eigenvalue weighted by Gasteiger charge is -2.12. The number of carbonyl (C=O) groups excluding carboxylic acids is 1. The summed E-state index contributed by atoms with van der Waals surface area (Å²) in [5.41, 5.74) is 1.81. The molecule has 2 aromatic heterocycles. The van der Waals surface area contributed by atoms with Crippen LogP contribution in [0.4, 0.5) is 11.8 Å². The van der Waals surface area contributed by atoms with Gasteiger partial charge in [-0.15, -0.1) is 0 Å². The maximum atomic E-state index is 12.4. The molecule has 0 saturated carbocycles. The largest absolute Gasteiger partial charge is 0.361 e. The molecule has 0 radical (unpaired) electrons. The van der Waals surface area contributed by atoms with Crippen molar-refractivity contribution in [2.24, 2.45) is 0 Å². The minimum Gasteiger partial charge on any atom is -0.361 e. The van der Waals surface area contributed by atoms with Crippen LogP contribution in [0.2, 0.25) is 15.1 Å². The van der Waals surface area contributed by atoms with Crippen molar-refractivity contribution in [1.29, 1.82) is 0 Å². The Kier molecular flexibility index (Phi) is 7.90. The van der Waals surface area contributed by atoms with Gasteiger partial charge in [-0.2, -0.15) is 9.97 Å². The Morgan fingerprint density at radius 2 is 1.53 bits per heavy atom. The Morgan fingerprint density at radius 1 is 0.794 bits per heavy atom. The fourth-order valence-electron chi connectivity index (χ4n) is 3.20. The molecule has 2 aromatic carbocycles. The summed E-state index contributed by atoms with van der Waals surface area (Å²) in [5.74, 6) is 1.38. The van der Waals surface area contributed by atoms with Crippen LogP contribution < -0.4 is 16.0 Å². The molecule has 174 valence electrons. The molecule has 0 aliphatic carbocycles. The summed E-state index contributed by atoms with van der Waals surface area (Å²) in [4.78, 5) is 21.5. The summed E-state index contributed by atoms with van der Waals surface area (Å²) >= 11 is 18.1. The third kappa shape index (κ3) is 6.87. The van der Waals surface area contributed by atoms with Gasteiger partial charge in [-0.05, 0) is 53.6 Å². The van der Waals surface area contributed by atoms with Crippen molar-refractivity contribution in [2.45, 2.75) is 13.1 Å². The van der Waals surface area contributed by atoms with Crippen LogP contribution in [-0.4, -0.2) is 27.0 Å². The van der Waals surface area contributed by atoms with Crippen molar-refractivity contribution in [3.05, 3.63) is 99.3 Å². The van der Waals surface area contributed by atoms with E-state index in [4.69, 9.17) is 34.8 Å². The third-order valence-electron chi connectivity index (χ3n) is 4.76. The molecule has 7 nitrogen and oxygen atoms in total. The van der Waals surface area contributed by atoms with E-state index in [1.165, 1.54) is 0 Å². The highest BCUT2D eigenvalue weighted by atomic mass is 35.5. The van der Waals surface area contributed by atoms with Gasteiger partial charge in [0.15, 0.2) is 0 Å². The lowest BCUT2D eigenvalue weighted by Crippen LogP contribution is -2.29. The van der Waals surface area contributed by atoms with E-state index in [1.54, 1.807) is 24.3 Å². The number of hydrogen-bond acceptors (Lipinski definition) is 5. The number of nitrogens with one attached hydrogen (secondary N) is 3. The first-order chi connectivity index (χ1) is 16.4. The van der Waals surface area contributed by atoms with Crippen molar-refractivity contribution < 1.29 is 4.79 Å². The van der Waals surface area contributed by atoms with Crippen molar-refractivity contribution >= 4 is 52.5 Å². The van der Waals surface area contributed by atoms with Gasteiger partial charge in [0, 0.05) is 46.6 Å². The Morgan fingerprint density at radius 3 is 2.26 bits per heavy atom. The van der Waals surface area contributed by atoms with Crippen LogP contribution in [-0.2, 0) is 17.9 Å². The zero-order valence-electron chi connectivity index (χ0n) is 17.9. The highest BCUT2D eigenvalue weighted by Gasteiger charge is 2.09. The summed E-state index contributed by atoms with van der Waals surface area (Å²) in [6, 6.07) is 18.3. The van der Waals surface area contributed by atoms with Gasteiger partial charge in [-0.25, -0.2) is 0 Å². The number of nitrogens with zero attached hydrogens (tertiary/aromatic N) is 3. The number of aromatic nitrogens is 3. The maximum absolute atomic E-state index is 12.4. The molecule has 34 heavy (non-hydrogen) atoms. The molecule has 1 amide bonds. The summed E-state index contributed by atoms with van der Waals surface area (Å²) in [5, 5.41) is 10.8. The van der Waals surface area contributed by atoms with Crippen LogP contribution >= 0.6 is 34.8 Å². The summed E-state index contributed by atoms with van der Waals surface area (Å²) in [6.45, 7) is 0.841. The molecular weight excluding hydrogens is 495 g/mol. The third-order valence-corrected chi connectivity index (χ3v) is 5.43. The van der Waals surface area contributed by atoms with Crippen LogP contribution in [0.5, 0.6) is 0 Å². The number of halogens is 3. The lowest BCUT2D eigenvalue weighted by atomic mass is 10.2. The van der Waals surface area contributed by atoms with Crippen molar-refractivity contribution in [1.82, 2.24) is 19.9 Å². The first kappa shape index (κ1) is 23.9. The topological polar surface area (TPSA) is 83.9 Å². The van der Waals surface area contributed by atoms with E-state index >= 15 is 0 Å². The average molecular weight is 516 g/mol. The minimum absolute atomic E-state index is 0.0319. The molecule has 0 aliphatic heterocycles. The quantitative estimate of drug-likeness (QED) is 0.271. The van der Waals surface area contributed by atoms with Gasteiger partial charge in [0.25, 0.3) is 0 Å². The Labute approximate surface area is 212 Å². The van der Waals surface area contributed by atoms with Crippen molar-refractivity contribution in [2.75, 3.05) is 17.2 Å². The summed E-state index contributed by atoms with van der Waals surface area (Å²) in [7, 11) is 0. The second kappa shape index (κ2) is 11.2. The number of amides is 1. The highest BCUT2D eigenvalue weighted by molar-refractivity contribution is 6.34. The Balaban J connectivity index is 1.42. The molecule has 0 bridgehead atoms. The van der Waals surface area contributed by atoms with Crippen molar-refractivity contribution in [3.63, 3.8) is 0 Å². The highest BCUT2D eigenvalue weighted by Crippen LogP contribution is 2.19. The van der Waals surface area contributed by atoms with E-state index in [1.807, 2.05) is 53.4 Å². The fourth-order valence-corrected chi connectivity index (χ4v) is 3.98. The molecule has 0 unspecified atom stereocenters. The van der Waals surface area contributed by atoms with Crippen LogP contribution in [0.1, 0.15) is 11.1 Å². The normalized spacial score (nSPS) is 10.7. The monoisotopic (exact) mass is 514 g/mol. The number of rotatable bonds is 9. The molecule has 0 saturated heterocycles. The maximum Gasteiger partial charge on any atom is 0.239 e. The van der Waals surface area contributed by atoms with E-state index in [0.29, 0.717) is 45.7 Å². The number of anilines is 2. The molecule has 0 fully saturated rings. The van der Waals surface area contributed by atoms with Gasteiger partial charge in [0.05, 0.1) is 6.54 Å². The molecule has 0 atom stereocenters. The number of hydrogen-bond donors (Lipinski definition) is 3.